The fourth-order valence-corrected chi connectivity index (χ4v) is 4.84. The van der Waals surface area contributed by atoms with Crippen LogP contribution in [0.25, 0.3) is 0 Å². The lowest BCUT2D eigenvalue weighted by molar-refractivity contribution is 0.0911. The van der Waals surface area contributed by atoms with Crippen LogP contribution in [-0.4, -0.2) is 35.8 Å². The van der Waals surface area contributed by atoms with E-state index in [-0.39, 0.29) is 23.6 Å². The van der Waals surface area contributed by atoms with Crippen LogP contribution in [-0.2, 0) is 6.54 Å². The fourth-order valence-electron chi connectivity index (χ4n) is 3.87. The minimum absolute atomic E-state index is 0.0710. The lowest BCUT2D eigenvalue weighted by Crippen LogP contribution is -2.44. The van der Waals surface area contributed by atoms with Gasteiger partial charge in [-0.15, -0.1) is 11.3 Å². The predicted molar refractivity (Wildman–Crippen MR) is 123 cm³/mol. The first-order valence-electron chi connectivity index (χ1n) is 10.5. The number of hydrogen-bond donors (Lipinski definition) is 2. The molecule has 0 atom stereocenters. The van der Waals surface area contributed by atoms with Crippen LogP contribution in [0.5, 0.6) is 0 Å². The molecule has 2 N–H and O–H groups in total. The van der Waals surface area contributed by atoms with E-state index in [1.54, 1.807) is 12.1 Å². The Morgan fingerprint density at radius 1 is 1.06 bits per heavy atom. The molecule has 0 bridgehead atoms. The van der Waals surface area contributed by atoms with Crippen molar-refractivity contribution in [3.8, 4) is 0 Å². The monoisotopic (exact) mass is 437 g/mol. The number of furan rings is 1. The van der Waals surface area contributed by atoms with Gasteiger partial charge in [0, 0.05) is 25.7 Å². The van der Waals surface area contributed by atoms with Crippen molar-refractivity contribution in [2.24, 2.45) is 0 Å². The number of thiophene rings is 1. The van der Waals surface area contributed by atoms with Crippen LogP contribution in [0.15, 0.2) is 53.1 Å². The lowest BCUT2D eigenvalue weighted by atomic mass is 10.0. The first kappa shape index (κ1) is 21.3. The predicted octanol–water partition coefficient (Wildman–Crippen LogP) is 4.60. The molecule has 2 amide bonds. The average molecular weight is 438 g/mol. The van der Waals surface area contributed by atoms with Crippen molar-refractivity contribution in [2.75, 3.05) is 18.4 Å². The third-order valence-electron chi connectivity index (χ3n) is 5.68. The molecule has 2 aromatic heterocycles. The molecule has 0 unspecified atom stereocenters. The Kier molecular flexibility index (Phi) is 6.53. The molecule has 1 aliphatic rings. The van der Waals surface area contributed by atoms with Crippen LogP contribution in [0.1, 0.15) is 49.8 Å². The average Bonchev–Trinajstić information content (AvgIpc) is 3.41. The normalized spacial score (nSPS) is 15.0. The number of amides is 2. The highest BCUT2D eigenvalue weighted by atomic mass is 32.1. The zero-order chi connectivity index (χ0) is 21.8. The van der Waals surface area contributed by atoms with Gasteiger partial charge in [0.25, 0.3) is 11.8 Å². The van der Waals surface area contributed by atoms with E-state index in [1.807, 2.05) is 13.0 Å². The summed E-state index contributed by atoms with van der Waals surface area (Å²) in [7, 11) is 0. The lowest BCUT2D eigenvalue weighted by Gasteiger charge is -2.32. The largest absolute Gasteiger partial charge is 0.459 e. The highest BCUT2D eigenvalue weighted by molar-refractivity contribution is 7.18. The Morgan fingerprint density at radius 2 is 1.84 bits per heavy atom. The maximum atomic E-state index is 12.8. The van der Waals surface area contributed by atoms with Crippen molar-refractivity contribution in [1.82, 2.24) is 10.2 Å². The number of benzene rings is 1. The van der Waals surface area contributed by atoms with Gasteiger partial charge in [-0.1, -0.05) is 24.3 Å². The molecule has 0 spiro atoms. The Bertz CT molecular complexity index is 1050. The van der Waals surface area contributed by atoms with Gasteiger partial charge in [0.1, 0.15) is 0 Å². The topological polar surface area (TPSA) is 74.6 Å². The van der Waals surface area contributed by atoms with Gasteiger partial charge in [-0.3, -0.25) is 14.5 Å². The number of carbonyl (C=O) groups is 2. The summed E-state index contributed by atoms with van der Waals surface area (Å²) in [4.78, 5) is 28.1. The number of likely N-dealkylation sites (tertiary alicyclic amines) is 1. The highest BCUT2D eigenvalue weighted by Crippen LogP contribution is 2.27. The molecule has 7 heteroatoms. The van der Waals surface area contributed by atoms with E-state index in [0.717, 1.165) is 38.0 Å². The van der Waals surface area contributed by atoms with Crippen LogP contribution >= 0.6 is 11.3 Å². The van der Waals surface area contributed by atoms with Crippen LogP contribution in [0, 0.1) is 13.8 Å². The van der Waals surface area contributed by atoms with E-state index in [4.69, 9.17) is 4.42 Å². The molecule has 31 heavy (non-hydrogen) atoms. The summed E-state index contributed by atoms with van der Waals surface area (Å²) >= 11 is 1.29. The quantitative estimate of drug-likeness (QED) is 0.591. The molecule has 1 fully saturated rings. The SMILES string of the molecule is Cc1ccccc1CN1CCC(NC(=O)c2sc(NC(=O)c3ccco3)cc2C)CC1. The molecule has 1 aromatic carbocycles. The van der Waals surface area contributed by atoms with E-state index in [2.05, 4.69) is 46.7 Å². The van der Waals surface area contributed by atoms with E-state index in [1.165, 1.54) is 28.7 Å². The van der Waals surface area contributed by atoms with Gasteiger partial charge >= 0.3 is 0 Å². The second kappa shape index (κ2) is 9.49. The summed E-state index contributed by atoms with van der Waals surface area (Å²) in [6, 6.07) is 13.8. The standard InChI is InChI=1S/C24H27N3O3S/c1-16-6-3-4-7-18(16)15-27-11-9-19(10-12-27)25-24(29)22-17(2)14-21(31-22)26-23(28)20-8-5-13-30-20/h3-8,13-14,19H,9-12,15H2,1-2H3,(H,25,29)(H,26,28). The number of carbonyl (C=O) groups excluding carboxylic acids is 2. The summed E-state index contributed by atoms with van der Waals surface area (Å²) in [6.45, 7) is 6.92. The minimum atomic E-state index is -0.320. The number of nitrogens with one attached hydrogen (secondary N) is 2. The minimum Gasteiger partial charge on any atom is -0.459 e. The zero-order valence-electron chi connectivity index (χ0n) is 17.8. The van der Waals surface area contributed by atoms with Gasteiger partial charge < -0.3 is 15.1 Å². The number of anilines is 1. The molecule has 1 saturated heterocycles. The van der Waals surface area contributed by atoms with Crippen molar-refractivity contribution in [3.05, 3.63) is 76.1 Å². The Balaban J connectivity index is 1.29. The van der Waals surface area contributed by atoms with Gasteiger partial charge in [-0.25, -0.2) is 0 Å². The van der Waals surface area contributed by atoms with Crippen molar-refractivity contribution in [3.63, 3.8) is 0 Å². The van der Waals surface area contributed by atoms with Crippen LogP contribution < -0.4 is 10.6 Å². The molecule has 4 rings (SSSR count). The van der Waals surface area contributed by atoms with E-state index >= 15 is 0 Å². The summed E-state index contributed by atoms with van der Waals surface area (Å²) < 4.78 is 5.11. The summed E-state index contributed by atoms with van der Waals surface area (Å²) in [5.74, 6) is -0.146. The van der Waals surface area contributed by atoms with E-state index < -0.39 is 0 Å². The van der Waals surface area contributed by atoms with Crippen molar-refractivity contribution in [1.29, 1.82) is 0 Å². The molecule has 0 aliphatic carbocycles. The summed E-state index contributed by atoms with van der Waals surface area (Å²) in [6.07, 6.45) is 3.33. The smallest absolute Gasteiger partial charge is 0.291 e. The molecule has 6 nitrogen and oxygen atoms in total. The zero-order valence-corrected chi connectivity index (χ0v) is 18.6. The van der Waals surface area contributed by atoms with Gasteiger partial charge in [0.05, 0.1) is 16.1 Å². The van der Waals surface area contributed by atoms with Crippen LogP contribution in [0.3, 0.4) is 0 Å². The summed E-state index contributed by atoms with van der Waals surface area (Å²) in [5, 5.41) is 6.61. The maximum absolute atomic E-state index is 12.8. The fraction of sp³-hybridized carbons (Fsp3) is 0.333. The number of hydrogen-bond acceptors (Lipinski definition) is 5. The van der Waals surface area contributed by atoms with Crippen LogP contribution in [0.4, 0.5) is 5.00 Å². The van der Waals surface area contributed by atoms with Crippen molar-refractivity contribution >= 4 is 28.2 Å². The molecule has 0 saturated carbocycles. The van der Waals surface area contributed by atoms with Gasteiger partial charge in [-0.2, -0.15) is 0 Å². The molecule has 3 aromatic rings. The Morgan fingerprint density at radius 3 is 2.55 bits per heavy atom. The second-order valence-corrected chi connectivity index (χ2v) is 9.06. The van der Waals surface area contributed by atoms with Gasteiger partial charge in [0.2, 0.25) is 0 Å². The van der Waals surface area contributed by atoms with Crippen molar-refractivity contribution in [2.45, 2.75) is 39.3 Å². The number of aryl methyl sites for hydroxylation is 2. The third kappa shape index (κ3) is 5.24. The first-order valence-corrected chi connectivity index (χ1v) is 11.3. The molecule has 0 radical (unpaired) electrons. The van der Waals surface area contributed by atoms with Gasteiger partial charge in [-0.05, 0) is 61.6 Å². The summed E-state index contributed by atoms with van der Waals surface area (Å²) in [5.41, 5.74) is 3.54. The Labute approximate surface area is 186 Å². The Hall–Kier alpha value is -2.90. The third-order valence-corrected chi connectivity index (χ3v) is 6.84. The molecular weight excluding hydrogens is 410 g/mol. The van der Waals surface area contributed by atoms with Crippen molar-refractivity contribution < 1.29 is 14.0 Å². The maximum Gasteiger partial charge on any atom is 0.291 e. The van der Waals surface area contributed by atoms with Crippen LogP contribution in [0.2, 0.25) is 0 Å². The second-order valence-electron chi connectivity index (χ2n) is 8.00. The molecule has 1 aliphatic heterocycles. The molecule has 3 heterocycles. The first-order chi connectivity index (χ1) is 15.0. The van der Waals surface area contributed by atoms with Gasteiger partial charge in [0.15, 0.2) is 5.76 Å². The number of piperidine rings is 1. The number of nitrogens with zero attached hydrogens (tertiary/aromatic N) is 1. The number of rotatable bonds is 6. The molecule has 162 valence electrons. The van der Waals surface area contributed by atoms with E-state index in [0.29, 0.717) is 9.88 Å². The van der Waals surface area contributed by atoms with E-state index in [9.17, 15) is 9.59 Å². The molecular formula is C24H27N3O3S. The highest BCUT2D eigenvalue weighted by Gasteiger charge is 2.23.